The molecule has 1 aromatic carbocycles. The fourth-order valence-corrected chi connectivity index (χ4v) is 2.48. The summed E-state index contributed by atoms with van der Waals surface area (Å²) in [6.45, 7) is 3.03. The number of aliphatic hydroxyl groups excluding tert-OH is 2. The molecule has 0 amide bonds. The van der Waals surface area contributed by atoms with E-state index in [-0.39, 0.29) is 25.3 Å². The summed E-state index contributed by atoms with van der Waals surface area (Å²) in [5, 5.41) is 18.5. The zero-order valence-corrected chi connectivity index (χ0v) is 12.3. The second-order valence-electron chi connectivity index (χ2n) is 4.74. The van der Waals surface area contributed by atoms with Crippen molar-refractivity contribution in [3.05, 3.63) is 29.8 Å². The number of nitrogens with two attached hydrogens (primary N) is 1. The molecule has 2 unspecified atom stereocenters. The van der Waals surface area contributed by atoms with Crippen molar-refractivity contribution in [3.8, 4) is 5.75 Å². The first-order chi connectivity index (χ1) is 9.69. The third-order valence-electron chi connectivity index (χ3n) is 3.50. The van der Waals surface area contributed by atoms with Gasteiger partial charge in [-0.3, -0.25) is 4.90 Å². The van der Waals surface area contributed by atoms with Crippen molar-refractivity contribution in [2.75, 3.05) is 33.4 Å². The van der Waals surface area contributed by atoms with Gasteiger partial charge in [0.1, 0.15) is 5.75 Å². The molecule has 0 heterocycles. The SMILES string of the molecule is CCC(N)C(c1ccccc1OC)N(CCO)CCO. The van der Waals surface area contributed by atoms with Crippen LogP contribution in [0.3, 0.4) is 0 Å². The Hall–Kier alpha value is -1.14. The van der Waals surface area contributed by atoms with Gasteiger partial charge in [0.15, 0.2) is 0 Å². The number of benzene rings is 1. The van der Waals surface area contributed by atoms with Crippen LogP contribution in [0.15, 0.2) is 24.3 Å². The van der Waals surface area contributed by atoms with E-state index in [1.54, 1.807) is 7.11 Å². The first-order valence-electron chi connectivity index (χ1n) is 7.03. The number of hydrogen-bond donors (Lipinski definition) is 3. The third-order valence-corrected chi connectivity index (χ3v) is 3.50. The van der Waals surface area contributed by atoms with Gasteiger partial charge in [0, 0.05) is 24.7 Å². The minimum absolute atomic E-state index is 0.0298. The zero-order valence-electron chi connectivity index (χ0n) is 12.3. The normalized spacial score (nSPS) is 14.3. The van der Waals surface area contributed by atoms with Crippen LogP contribution in [-0.4, -0.2) is 54.6 Å². The van der Waals surface area contributed by atoms with Gasteiger partial charge in [0.05, 0.1) is 26.4 Å². The van der Waals surface area contributed by atoms with Crippen LogP contribution in [0.2, 0.25) is 0 Å². The topological polar surface area (TPSA) is 79.0 Å². The molecule has 0 aliphatic rings. The maximum atomic E-state index is 9.24. The van der Waals surface area contributed by atoms with Crippen molar-refractivity contribution in [1.29, 1.82) is 0 Å². The number of methoxy groups -OCH3 is 1. The first-order valence-corrected chi connectivity index (χ1v) is 7.03. The Morgan fingerprint density at radius 1 is 1.20 bits per heavy atom. The van der Waals surface area contributed by atoms with E-state index in [1.807, 2.05) is 36.1 Å². The van der Waals surface area contributed by atoms with Crippen molar-refractivity contribution in [2.45, 2.75) is 25.4 Å². The van der Waals surface area contributed by atoms with Crippen LogP contribution in [-0.2, 0) is 0 Å². The van der Waals surface area contributed by atoms with E-state index in [9.17, 15) is 10.2 Å². The monoisotopic (exact) mass is 282 g/mol. The molecular weight excluding hydrogens is 256 g/mol. The molecule has 0 aliphatic carbocycles. The molecule has 1 rings (SSSR count). The number of para-hydroxylation sites is 1. The van der Waals surface area contributed by atoms with Crippen LogP contribution in [0.25, 0.3) is 0 Å². The molecule has 1 aromatic rings. The van der Waals surface area contributed by atoms with E-state index in [0.717, 1.165) is 17.7 Å². The largest absolute Gasteiger partial charge is 0.496 e. The molecule has 114 valence electrons. The highest BCUT2D eigenvalue weighted by Gasteiger charge is 2.27. The smallest absolute Gasteiger partial charge is 0.123 e. The predicted molar refractivity (Wildman–Crippen MR) is 79.7 cm³/mol. The fourth-order valence-electron chi connectivity index (χ4n) is 2.48. The van der Waals surface area contributed by atoms with Gasteiger partial charge >= 0.3 is 0 Å². The molecule has 5 heteroatoms. The lowest BCUT2D eigenvalue weighted by molar-refractivity contribution is 0.106. The molecule has 20 heavy (non-hydrogen) atoms. The molecule has 0 aliphatic heterocycles. The van der Waals surface area contributed by atoms with Gasteiger partial charge in [-0.05, 0) is 12.5 Å². The number of hydrogen-bond acceptors (Lipinski definition) is 5. The average Bonchev–Trinajstić information content (AvgIpc) is 2.48. The lowest BCUT2D eigenvalue weighted by Gasteiger charge is -2.35. The van der Waals surface area contributed by atoms with E-state index >= 15 is 0 Å². The Kier molecular flexibility index (Phi) is 7.54. The van der Waals surface area contributed by atoms with Gasteiger partial charge < -0.3 is 20.7 Å². The van der Waals surface area contributed by atoms with Crippen LogP contribution in [0.1, 0.15) is 24.9 Å². The molecule has 0 saturated heterocycles. The summed E-state index contributed by atoms with van der Waals surface area (Å²) in [4.78, 5) is 2.01. The fraction of sp³-hybridized carbons (Fsp3) is 0.600. The van der Waals surface area contributed by atoms with Crippen LogP contribution in [0, 0.1) is 0 Å². The highest BCUT2D eigenvalue weighted by molar-refractivity contribution is 5.36. The number of rotatable bonds is 9. The van der Waals surface area contributed by atoms with Crippen molar-refractivity contribution in [2.24, 2.45) is 5.73 Å². The van der Waals surface area contributed by atoms with Gasteiger partial charge in [0.2, 0.25) is 0 Å². The maximum absolute atomic E-state index is 9.24. The molecule has 5 nitrogen and oxygen atoms in total. The van der Waals surface area contributed by atoms with Crippen LogP contribution >= 0.6 is 0 Å². The number of ether oxygens (including phenoxy) is 1. The summed E-state index contributed by atoms with van der Waals surface area (Å²) in [6.07, 6.45) is 0.802. The van der Waals surface area contributed by atoms with Gasteiger partial charge in [0.25, 0.3) is 0 Å². The van der Waals surface area contributed by atoms with Crippen molar-refractivity contribution in [1.82, 2.24) is 4.90 Å². The summed E-state index contributed by atoms with van der Waals surface area (Å²) in [6, 6.07) is 7.57. The molecular formula is C15H26N2O3. The van der Waals surface area contributed by atoms with E-state index in [2.05, 4.69) is 0 Å². The summed E-state index contributed by atoms with van der Waals surface area (Å²) in [5.74, 6) is 0.780. The van der Waals surface area contributed by atoms with Gasteiger partial charge in [-0.2, -0.15) is 0 Å². The standard InChI is InChI=1S/C15H26N2O3/c1-3-13(16)15(17(8-10-18)9-11-19)12-6-4-5-7-14(12)20-2/h4-7,13,15,18-19H,3,8-11,16H2,1-2H3. The van der Waals surface area contributed by atoms with Gasteiger partial charge in [-0.25, -0.2) is 0 Å². The lowest BCUT2D eigenvalue weighted by Crippen LogP contribution is -2.43. The molecule has 4 N–H and O–H groups in total. The molecule has 0 saturated carbocycles. The van der Waals surface area contributed by atoms with Crippen LogP contribution in [0.4, 0.5) is 0 Å². The Bertz CT molecular complexity index is 381. The van der Waals surface area contributed by atoms with Crippen molar-refractivity contribution < 1.29 is 14.9 Å². The second kappa shape index (κ2) is 8.92. The summed E-state index contributed by atoms with van der Waals surface area (Å²) in [7, 11) is 1.63. The highest BCUT2D eigenvalue weighted by Crippen LogP contribution is 2.31. The highest BCUT2D eigenvalue weighted by atomic mass is 16.5. The van der Waals surface area contributed by atoms with Crippen molar-refractivity contribution >= 4 is 0 Å². The zero-order chi connectivity index (χ0) is 15.0. The molecule has 0 bridgehead atoms. The Balaban J connectivity index is 3.15. The minimum Gasteiger partial charge on any atom is -0.496 e. The van der Waals surface area contributed by atoms with Gasteiger partial charge in [-0.1, -0.05) is 25.1 Å². The average molecular weight is 282 g/mol. The van der Waals surface area contributed by atoms with E-state index in [0.29, 0.717) is 13.1 Å². The van der Waals surface area contributed by atoms with E-state index in [4.69, 9.17) is 10.5 Å². The molecule has 0 aromatic heterocycles. The van der Waals surface area contributed by atoms with Crippen LogP contribution < -0.4 is 10.5 Å². The van der Waals surface area contributed by atoms with Crippen LogP contribution in [0.5, 0.6) is 5.75 Å². The summed E-state index contributed by atoms with van der Waals surface area (Å²) >= 11 is 0. The number of nitrogens with zero attached hydrogens (tertiary/aromatic N) is 1. The van der Waals surface area contributed by atoms with Crippen molar-refractivity contribution in [3.63, 3.8) is 0 Å². The Labute approximate surface area is 121 Å². The maximum Gasteiger partial charge on any atom is 0.123 e. The molecule has 0 radical (unpaired) electrons. The first kappa shape index (κ1) is 16.9. The molecule has 0 fully saturated rings. The molecule has 2 atom stereocenters. The minimum atomic E-state index is -0.0931. The summed E-state index contributed by atoms with van der Waals surface area (Å²) < 4.78 is 5.42. The lowest BCUT2D eigenvalue weighted by atomic mass is 9.95. The van der Waals surface area contributed by atoms with Gasteiger partial charge in [-0.15, -0.1) is 0 Å². The summed E-state index contributed by atoms with van der Waals surface area (Å²) in [5.41, 5.74) is 7.27. The third kappa shape index (κ3) is 4.18. The number of aliphatic hydroxyl groups is 2. The Morgan fingerprint density at radius 3 is 2.30 bits per heavy atom. The quantitative estimate of drug-likeness (QED) is 0.623. The van der Waals surface area contributed by atoms with E-state index in [1.165, 1.54) is 0 Å². The molecule has 0 spiro atoms. The second-order valence-corrected chi connectivity index (χ2v) is 4.74. The van der Waals surface area contributed by atoms with E-state index < -0.39 is 0 Å². The predicted octanol–water partition coefficient (Wildman–Crippen LogP) is 0.760. The Morgan fingerprint density at radius 2 is 1.80 bits per heavy atom.